The lowest BCUT2D eigenvalue weighted by molar-refractivity contribution is 0.00738. The third kappa shape index (κ3) is 2.49. The van der Waals surface area contributed by atoms with E-state index in [4.69, 9.17) is 5.53 Å². The average molecular weight is 308 g/mol. The Balaban J connectivity index is 3.60. The molecule has 1 saturated carbocycles. The number of hydrogen-bond acceptors (Lipinski definition) is 4. The van der Waals surface area contributed by atoms with Crippen LogP contribution in [-0.2, 0) is 19.7 Å². The summed E-state index contributed by atoms with van der Waals surface area (Å²) >= 11 is 0. The van der Waals surface area contributed by atoms with Crippen molar-refractivity contribution >= 4 is 25.2 Å². The predicted octanol–water partition coefficient (Wildman–Crippen LogP) is 1.53. The van der Waals surface area contributed by atoms with Gasteiger partial charge in [-0.05, 0) is 33.6 Å². The van der Waals surface area contributed by atoms with Crippen LogP contribution in [0.5, 0.6) is 0 Å². The van der Waals surface area contributed by atoms with Gasteiger partial charge in [0.1, 0.15) is 0 Å². The van der Waals surface area contributed by atoms with E-state index >= 15 is 0 Å². The van der Waals surface area contributed by atoms with Gasteiger partial charge < -0.3 is 5.53 Å². The molecule has 1 fully saturated rings. The van der Waals surface area contributed by atoms with Gasteiger partial charge in [0, 0.05) is 0 Å². The molecule has 0 spiro atoms. The second kappa shape index (κ2) is 5.00. The first-order valence-electron chi connectivity index (χ1n) is 6.18. The van der Waals surface area contributed by atoms with Gasteiger partial charge in [0.25, 0.3) is 9.84 Å². The third-order valence-electron chi connectivity index (χ3n) is 3.62. The van der Waals surface area contributed by atoms with E-state index in [0.29, 0.717) is 18.4 Å². The first kappa shape index (κ1) is 16.3. The summed E-state index contributed by atoms with van der Waals surface area (Å²) in [5, 5.41) is 0. The Morgan fingerprint density at radius 2 is 1.53 bits per heavy atom. The molecule has 1 rings (SSSR count). The van der Waals surface area contributed by atoms with Gasteiger partial charge in [0.05, 0.1) is 4.75 Å². The summed E-state index contributed by atoms with van der Waals surface area (Å²) in [6, 6.07) is 0. The SMILES string of the molecule is CC(C)(C)S(=O)(=O)C1(S(=O)(=O)C=[N+]=[N-])CCCCC1. The normalized spacial score (nSPS) is 20.6. The monoisotopic (exact) mass is 308 g/mol. The highest BCUT2D eigenvalue weighted by molar-refractivity contribution is 8.17. The van der Waals surface area contributed by atoms with Gasteiger partial charge in [0.2, 0.25) is 0 Å². The minimum Gasteiger partial charge on any atom is -0.361 e. The molecule has 0 amide bonds. The summed E-state index contributed by atoms with van der Waals surface area (Å²) in [5.41, 5.74) is 8.87. The molecule has 0 radical (unpaired) electrons. The largest absolute Gasteiger partial charge is 0.371 e. The number of nitrogens with zero attached hydrogens (tertiary/aromatic N) is 2. The lowest BCUT2D eigenvalue weighted by atomic mass is 10.00. The first-order valence-corrected chi connectivity index (χ1v) is 9.21. The number of sulfone groups is 2. The van der Waals surface area contributed by atoms with E-state index in [-0.39, 0.29) is 12.8 Å². The fourth-order valence-corrected chi connectivity index (χ4v) is 7.73. The van der Waals surface area contributed by atoms with Crippen molar-refractivity contribution in [3.8, 4) is 0 Å². The van der Waals surface area contributed by atoms with Crippen LogP contribution in [0, 0.1) is 0 Å². The average Bonchev–Trinajstić information content (AvgIpc) is 2.28. The highest BCUT2D eigenvalue weighted by Gasteiger charge is 2.59. The molecule has 0 unspecified atom stereocenters. The minimum atomic E-state index is -4.17. The molecule has 6 nitrogen and oxygen atoms in total. The van der Waals surface area contributed by atoms with Crippen molar-refractivity contribution in [3.63, 3.8) is 0 Å². The molecule has 8 heteroatoms. The fraction of sp³-hybridized carbons (Fsp3) is 0.909. The lowest BCUT2D eigenvalue weighted by Crippen LogP contribution is -2.54. The third-order valence-corrected chi connectivity index (χ3v) is 9.79. The molecule has 1 aliphatic carbocycles. The van der Waals surface area contributed by atoms with Crippen LogP contribution >= 0.6 is 0 Å². The van der Waals surface area contributed by atoms with Crippen molar-refractivity contribution < 1.29 is 21.6 Å². The van der Waals surface area contributed by atoms with Crippen LogP contribution in [0.1, 0.15) is 52.9 Å². The zero-order valence-corrected chi connectivity index (χ0v) is 13.1. The van der Waals surface area contributed by atoms with Crippen molar-refractivity contribution in [1.82, 2.24) is 0 Å². The Morgan fingerprint density at radius 3 is 1.89 bits per heavy atom. The van der Waals surface area contributed by atoms with E-state index in [9.17, 15) is 16.8 Å². The molecule has 0 saturated heterocycles. The van der Waals surface area contributed by atoms with Crippen molar-refractivity contribution in [2.45, 2.75) is 61.7 Å². The Bertz CT molecular complexity index is 587. The van der Waals surface area contributed by atoms with Gasteiger partial charge in [-0.3, -0.25) is 0 Å². The van der Waals surface area contributed by atoms with Gasteiger partial charge in [-0.2, -0.15) is 4.79 Å². The topological polar surface area (TPSA) is 105 Å². The van der Waals surface area contributed by atoms with Gasteiger partial charge >= 0.3 is 5.55 Å². The summed E-state index contributed by atoms with van der Waals surface area (Å²) in [6.07, 6.45) is 2.00. The van der Waals surface area contributed by atoms with E-state index in [0.717, 1.165) is 6.42 Å². The number of hydrogen-bond donors (Lipinski definition) is 0. The molecule has 110 valence electrons. The highest BCUT2D eigenvalue weighted by atomic mass is 32.3. The minimum absolute atomic E-state index is 0.0565. The van der Waals surface area contributed by atoms with Crippen LogP contribution in [0.3, 0.4) is 0 Å². The van der Waals surface area contributed by atoms with Crippen LogP contribution in [0.4, 0.5) is 0 Å². The van der Waals surface area contributed by atoms with Gasteiger partial charge in [-0.25, -0.2) is 16.8 Å². The Kier molecular flexibility index (Phi) is 4.29. The number of rotatable bonds is 3. The molecular formula is C11H20N2O4S2. The van der Waals surface area contributed by atoms with Gasteiger partial charge in [-0.1, -0.05) is 19.3 Å². The van der Waals surface area contributed by atoms with Crippen molar-refractivity contribution in [1.29, 1.82) is 0 Å². The van der Waals surface area contributed by atoms with Crippen LogP contribution in [0.25, 0.3) is 5.53 Å². The van der Waals surface area contributed by atoms with Crippen LogP contribution in [0.15, 0.2) is 0 Å². The maximum atomic E-state index is 12.7. The zero-order valence-electron chi connectivity index (χ0n) is 11.5. The van der Waals surface area contributed by atoms with Crippen LogP contribution in [0.2, 0.25) is 0 Å². The van der Waals surface area contributed by atoms with Gasteiger partial charge in [-0.15, -0.1) is 0 Å². The molecule has 0 N–H and O–H groups in total. The molecule has 0 aromatic rings. The summed E-state index contributed by atoms with van der Waals surface area (Å²) < 4.78 is 47.0. The lowest BCUT2D eigenvalue weighted by Gasteiger charge is -2.38. The van der Waals surface area contributed by atoms with Crippen LogP contribution in [-0.4, -0.2) is 36.0 Å². The molecule has 0 atom stereocenters. The van der Waals surface area contributed by atoms with Crippen LogP contribution < -0.4 is 0 Å². The molecule has 0 heterocycles. The molecular weight excluding hydrogens is 288 g/mol. The van der Waals surface area contributed by atoms with Crippen molar-refractivity contribution in [2.24, 2.45) is 0 Å². The quantitative estimate of drug-likeness (QED) is 0.341. The van der Waals surface area contributed by atoms with Crippen molar-refractivity contribution in [2.75, 3.05) is 0 Å². The smallest absolute Gasteiger partial charge is 0.361 e. The Labute approximate surface area is 114 Å². The second-order valence-corrected chi connectivity index (χ2v) is 11.2. The summed E-state index contributed by atoms with van der Waals surface area (Å²) in [6.45, 7) is 4.47. The summed E-state index contributed by atoms with van der Waals surface area (Å²) in [4.78, 5) is 2.55. The first-order chi connectivity index (χ1) is 8.52. The van der Waals surface area contributed by atoms with E-state index in [1.54, 1.807) is 0 Å². The second-order valence-electron chi connectivity index (χ2n) is 5.85. The highest BCUT2D eigenvalue weighted by Crippen LogP contribution is 2.44. The van der Waals surface area contributed by atoms with E-state index in [1.807, 2.05) is 0 Å². The molecule has 19 heavy (non-hydrogen) atoms. The molecule has 0 aromatic heterocycles. The molecule has 1 aliphatic rings. The maximum absolute atomic E-state index is 12.7. The van der Waals surface area contributed by atoms with Crippen molar-refractivity contribution in [3.05, 3.63) is 5.53 Å². The summed E-state index contributed by atoms with van der Waals surface area (Å²) in [5.74, 6) is 0. The van der Waals surface area contributed by atoms with E-state index in [2.05, 4.69) is 4.79 Å². The van der Waals surface area contributed by atoms with E-state index in [1.165, 1.54) is 20.8 Å². The standard InChI is InChI=1S/C11H20N2O4S2/c1-10(2,3)19(16,17)11(7-5-4-6-8-11)18(14,15)9-13-12/h9H,4-8H2,1-3H3. The molecule has 0 aliphatic heterocycles. The fourth-order valence-electron chi connectivity index (χ4n) is 2.51. The molecule has 0 bridgehead atoms. The Hall–Kier alpha value is -0.720. The molecule has 0 aromatic carbocycles. The van der Waals surface area contributed by atoms with E-state index < -0.39 is 28.5 Å². The summed E-state index contributed by atoms with van der Waals surface area (Å²) in [7, 11) is -8.10. The predicted molar refractivity (Wildman–Crippen MR) is 73.1 cm³/mol. The Morgan fingerprint density at radius 1 is 1.05 bits per heavy atom. The van der Waals surface area contributed by atoms with Gasteiger partial charge in [0.15, 0.2) is 13.9 Å². The maximum Gasteiger partial charge on any atom is 0.371 e. The zero-order chi connectivity index (χ0) is 14.9.